The zero-order chi connectivity index (χ0) is 14.2. The molecule has 4 aliphatic carbocycles. The average molecular weight is 272 g/mol. The van der Waals surface area contributed by atoms with E-state index in [0.717, 1.165) is 17.8 Å². The highest BCUT2D eigenvalue weighted by atomic mass is 14.7. The van der Waals surface area contributed by atoms with Crippen molar-refractivity contribution in [2.45, 2.75) is 79.1 Å². The van der Waals surface area contributed by atoms with Crippen LogP contribution in [0.25, 0.3) is 0 Å². The van der Waals surface area contributed by atoms with Gasteiger partial charge in [0, 0.05) is 0 Å². The molecular weight excluding hydrogens is 240 g/mol. The van der Waals surface area contributed by atoms with Crippen LogP contribution in [0.15, 0.2) is 11.6 Å². The first-order valence-electron chi connectivity index (χ1n) is 9.07. The van der Waals surface area contributed by atoms with Crippen LogP contribution in [0.1, 0.15) is 79.1 Å². The molecule has 0 heteroatoms. The maximum atomic E-state index is 2.76. The molecule has 0 saturated heterocycles. The summed E-state index contributed by atoms with van der Waals surface area (Å²) in [5.74, 6) is 2.91. The quantitative estimate of drug-likeness (QED) is 0.476. The highest BCUT2D eigenvalue weighted by Gasteiger charge is 2.61. The summed E-state index contributed by atoms with van der Waals surface area (Å²) < 4.78 is 0. The van der Waals surface area contributed by atoms with Crippen LogP contribution in [0.2, 0.25) is 0 Å². The number of allylic oxidation sites excluding steroid dienone is 2. The Kier molecular flexibility index (Phi) is 2.63. The molecule has 112 valence electrons. The van der Waals surface area contributed by atoms with E-state index in [-0.39, 0.29) is 0 Å². The summed E-state index contributed by atoms with van der Waals surface area (Å²) in [6, 6.07) is 0. The van der Waals surface area contributed by atoms with Crippen molar-refractivity contribution in [2.24, 2.45) is 34.0 Å². The minimum Gasteiger partial charge on any atom is -0.0788 e. The third-order valence-corrected chi connectivity index (χ3v) is 8.25. The van der Waals surface area contributed by atoms with Gasteiger partial charge in [0.05, 0.1) is 0 Å². The number of fused-ring (bicyclic) bond motifs is 3. The van der Waals surface area contributed by atoms with E-state index in [1.54, 1.807) is 5.57 Å². The molecule has 2 bridgehead atoms. The molecule has 0 amide bonds. The van der Waals surface area contributed by atoms with Crippen LogP contribution in [0.5, 0.6) is 0 Å². The van der Waals surface area contributed by atoms with Crippen LogP contribution in [0.3, 0.4) is 0 Å². The second kappa shape index (κ2) is 3.93. The molecule has 20 heavy (non-hydrogen) atoms. The topological polar surface area (TPSA) is 0 Å². The molecule has 4 rings (SSSR count). The van der Waals surface area contributed by atoms with E-state index in [2.05, 4.69) is 33.8 Å². The van der Waals surface area contributed by atoms with Crippen LogP contribution in [0.4, 0.5) is 0 Å². The van der Waals surface area contributed by atoms with Crippen LogP contribution in [-0.2, 0) is 0 Å². The molecule has 0 aromatic rings. The second-order valence-electron chi connectivity index (χ2n) is 9.59. The van der Waals surface area contributed by atoms with Crippen molar-refractivity contribution in [3.63, 3.8) is 0 Å². The Bertz CT molecular complexity index is 457. The molecule has 3 saturated carbocycles. The Morgan fingerprint density at radius 3 is 2.55 bits per heavy atom. The number of hydrogen-bond acceptors (Lipinski definition) is 0. The predicted molar refractivity (Wildman–Crippen MR) is 85.5 cm³/mol. The van der Waals surface area contributed by atoms with E-state index in [0.29, 0.717) is 16.2 Å². The van der Waals surface area contributed by atoms with Crippen molar-refractivity contribution in [1.29, 1.82) is 0 Å². The van der Waals surface area contributed by atoms with Crippen molar-refractivity contribution in [3.05, 3.63) is 11.6 Å². The first kappa shape index (κ1) is 13.4. The molecule has 0 nitrogen and oxygen atoms in total. The van der Waals surface area contributed by atoms with Gasteiger partial charge in [-0.3, -0.25) is 0 Å². The normalized spacial score (nSPS) is 53.0. The van der Waals surface area contributed by atoms with Crippen molar-refractivity contribution in [1.82, 2.24) is 0 Å². The third kappa shape index (κ3) is 1.54. The van der Waals surface area contributed by atoms with E-state index < -0.39 is 0 Å². The van der Waals surface area contributed by atoms with Crippen LogP contribution >= 0.6 is 0 Å². The van der Waals surface area contributed by atoms with Crippen molar-refractivity contribution in [3.8, 4) is 0 Å². The van der Waals surface area contributed by atoms with Crippen LogP contribution in [-0.4, -0.2) is 0 Å². The summed E-state index contributed by atoms with van der Waals surface area (Å²) >= 11 is 0. The molecule has 0 aromatic heterocycles. The van der Waals surface area contributed by atoms with Crippen molar-refractivity contribution < 1.29 is 0 Å². The van der Waals surface area contributed by atoms with Gasteiger partial charge in [0.15, 0.2) is 0 Å². The van der Waals surface area contributed by atoms with Gasteiger partial charge in [-0.2, -0.15) is 0 Å². The van der Waals surface area contributed by atoms with Crippen LogP contribution < -0.4 is 0 Å². The molecule has 4 aliphatic rings. The first-order chi connectivity index (χ1) is 9.37. The first-order valence-corrected chi connectivity index (χ1v) is 9.07. The molecule has 3 fully saturated rings. The minimum absolute atomic E-state index is 0.586. The van der Waals surface area contributed by atoms with Gasteiger partial charge in [-0.1, -0.05) is 38.8 Å². The lowest BCUT2D eigenvalue weighted by molar-refractivity contribution is -0.133. The van der Waals surface area contributed by atoms with E-state index in [1.807, 2.05) is 0 Å². The molecule has 1 spiro atoms. The zero-order valence-corrected chi connectivity index (χ0v) is 14.0. The molecular formula is C20H32. The maximum Gasteiger partial charge on any atom is -0.00762 e. The van der Waals surface area contributed by atoms with E-state index >= 15 is 0 Å². The lowest BCUT2D eigenvalue weighted by atomic mass is 9.41. The summed E-state index contributed by atoms with van der Waals surface area (Å²) in [7, 11) is 0. The fraction of sp³-hybridized carbons (Fsp3) is 0.900. The maximum absolute atomic E-state index is 2.76. The third-order valence-electron chi connectivity index (χ3n) is 8.25. The van der Waals surface area contributed by atoms with Gasteiger partial charge >= 0.3 is 0 Å². The number of rotatable bonds is 0. The van der Waals surface area contributed by atoms with Gasteiger partial charge in [-0.15, -0.1) is 0 Å². The van der Waals surface area contributed by atoms with Gasteiger partial charge in [-0.05, 0) is 85.9 Å². The SMILES string of the molecule is CC1=C[C@@]23CC[C@H]4C(C)(C)CCC[C@@]4(C)[C@H]2CC[C@@H]1C3. The monoisotopic (exact) mass is 272 g/mol. The van der Waals surface area contributed by atoms with Gasteiger partial charge in [0.25, 0.3) is 0 Å². The molecule has 0 heterocycles. The van der Waals surface area contributed by atoms with E-state index in [9.17, 15) is 0 Å². The molecule has 0 N–H and O–H groups in total. The lowest BCUT2D eigenvalue weighted by Crippen LogP contribution is -2.55. The summed E-state index contributed by atoms with van der Waals surface area (Å²) in [5.41, 5.74) is 3.57. The summed E-state index contributed by atoms with van der Waals surface area (Å²) in [5, 5.41) is 0. The fourth-order valence-electron chi connectivity index (χ4n) is 7.53. The second-order valence-corrected chi connectivity index (χ2v) is 9.59. The zero-order valence-electron chi connectivity index (χ0n) is 14.0. The predicted octanol–water partition coefficient (Wildman–Crippen LogP) is 5.98. The number of hydrogen-bond donors (Lipinski definition) is 0. The summed E-state index contributed by atoms with van der Waals surface area (Å²) in [6.07, 6.45) is 14.7. The molecule has 0 unspecified atom stereocenters. The minimum atomic E-state index is 0.586. The van der Waals surface area contributed by atoms with Crippen molar-refractivity contribution >= 4 is 0 Å². The van der Waals surface area contributed by atoms with Gasteiger partial charge < -0.3 is 0 Å². The van der Waals surface area contributed by atoms with E-state index in [4.69, 9.17) is 0 Å². The van der Waals surface area contributed by atoms with Crippen molar-refractivity contribution in [2.75, 3.05) is 0 Å². The highest BCUT2D eigenvalue weighted by Crippen LogP contribution is 2.70. The standard InChI is InChI=1S/C20H32/c1-14-12-20-11-8-16-18(2,3)9-5-10-19(16,4)17(20)7-6-15(14)13-20/h12,15-17H,5-11,13H2,1-4H3/t15-,16+,17-,19-,20-/m1/s1. The van der Waals surface area contributed by atoms with Gasteiger partial charge in [0.2, 0.25) is 0 Å². The van der Waals surface area contributed by atoms with Gasteiger partial charge in [0.1, 0.15) is 0 Å². The summed E-state index contributed by atoms with van der Waals surface area (Å²) in [6.45, 7) is 10.2. The fourth-order valence-corrected chi connectivity index (χ4v) is 7.53. The Hall–Kier alpha value is -0.260. The lowest BCUT2D eigenvalue weighted by Gasteiger charge is -2.63. The summed E-state index contributed by atoms with van der Waals surface area (Å²) in [4.78, 5) is 0. The Balaban J connectivity index is 1.76. The molecule has 0 aromatic carbocycles. The van der Waals surface area contributed by atoms with Crippen LogP contribution in [0, 0.1) is 34.0 Å². The van der Waals surface area contributed by atoms with E-state index in [1.165, 1.54) is 51.4 Å². The average Bonchev–Trinajstić information content (AvgIpc) is 2.58. The largest absolute Gasteiger partial charge is 0.0788 e. The molecule has 0 aliphatic heterocycles. The smallest absolute Gasteiger partial charge is 0.00762 e. The highest BCUT2D eigenvalue weighted by molar-refractivity contribution is 5.26. The van der Waals surface area contributed by atoms with Gasteiger partial charge in [-0.25, -0.2) is 0 Å². The Morgan fingerprint density at radius 1 is 0.950 bits per heavy atom. The molecule has 0 radical (unpaired) electrons. The molecule has 5 atom stereocenters. The Morgan fingerprint density at radius 2 is 1.75 bits per heavy atom. The Labute approximate surface area is 125 Å².